The first-order chi connectivity index (χ1) is 13.5. The van der Waals surface area contributed by atoms with Gasteiger partial charge in [0.15, 0.2) is 0 Å². The van der Waals surface area contributed by atoms with Crippen molar-refractivity contribution < 1.29 is 25.2 Å². The van der Waals surface area contributed by atoms with Gasteiger partial charge in [-0.15, -0.1) is 0 Å². The molecule has 7 heteroatoms. The Balaban J connectivity index is 1.60. The average molecular weight is 386 g/mol. The summed E-state index contributed by atoms with van der Waals surface area (Å²) in [6.07, 6.45) is -3.58. The van der Waals surface area contributed by atoms with Crippen molar-refractivity contribution >= 4 is 5.91 Å². The number of likely N-dealkylation sites (tertiary alicyclic amines) is 1. The van der Waals surface area contributed by atoms with Crippen LogP contribution >= 0.6 is 0 Å². The first kappa shape index (κ1) is 20.4. The van der Waals surface area contributed by atoms with Crippen LogP contribution in [0.4, 0.5) is 0 Å². The Morgan fingerprint density at radius 2 is 1.64 bits per heavy atom. The van der Waals surface area contributed by atoms with E-state index in [0.717, 1.165) is 11.1 Å². The van der Waals surface area contributed by atoms with E-state index in [2.05, 4.69) is 5.32 Å². The van der Waals surface area contributed by atoms with Crippen LogP contribution in [0.25, 0.3) is 0 Å². The van der Waals surface area contributed by atoms with Crippen LogP contribution in [0.1, 0.15) is 21.5 Å². The number of β-amino-alcohol motifs (C(OH)–C–C–N with tert-alkyl or cyclic N) is 1. The van der Waals surface area contributed by atoms with Gasteiger partial charge >= 0.3 is 0 Å². The van der Waals surface area contributed by atoms with Gasteiger partial charge in [-0.3, -0.25) is 9.69 Å². The molecule has 0 aromatic heterocycles. The van der Waals surface area contributed by atoms with Gasteiger partial charge in [-0.05, 0) is 23.3 Å². The van der Waals surface area contributed by atoms with E-state index in [1.54, 1.807) is 29.2 Å². The summed E-state index contributed by atoms with van der Waals surface area (Å²) in [5.41, 5.74) is 2.42. The summed E-state index contributed by atoms with van der Waals surface area (Å²) in [6, 6.07) is 16.0. The van der Waals surface area contributed by atoms with Crippen LogP contribution in [0, 0.1) is 0 Å². The molecule has 1 amide bonds. The van der Waals surface area contributed by atoms with Crippen LogP contribution in [-0.4, -0.2) is 68.7 Å². The molecule has 2 aromatic rings. The third-order valence-electron chi connectivity index (χ3n) is 5.11. The Hall–Kier alpha value is -2.29. The predicted molar refractivity (Wildman–Crippen MR) is 103 cm³/mol. The second kappa shape index (κ2) is 9.27. The number of piperidine rings is 1. The minimum absolute atomic E-state index is 0.142. The number of hydrogen-bond acceptors (Lipinski definition) is 6. The Morgan fingerprint density at radius 1 is 0.964 bits per heavy atom. The Morgan fingerprint density at radius 3 is 2.29 bits per heavy atom. The molecule has 1 saturated heterocycles. The number of carbonyl (C=O) groups is 1. The Bertz CT molecular complexity index is 768. The lowest BCUT2D eigenvalue weighted by atomic mass is 9.93. The number of rotatable bonds is 6. The lowest BCUT2D eigenvalue weighted by molar-refractivity contribution is -0.147. The number of benzene rings is 2. The lowest BCUT2D eigenvalue weighted by Crippen LogP contribution is -2.62. The van der Waals surface area contributed by atoms with Gasteiger partial charge in [0.05, 0.1) is 18.8 Å². The zero-order chi connectivity index (χ0) is 20.1. The molecule has 0 bridgehead atoms. The predicted octanol–water partition coefficient (Wildman–Crippen LogP) is -0.124. The summed E-state index contributed by atoms with van der Waals surface area (Å²) in [7, 11) is 0. The van der Waals surface area contributed by atoms with Crippen molar-refractivity contribution in [3.8, 4) is 0 Å². The van der Waals surface area contributed by atoms with Gasteiger partial charge in [0.25, 0.3) is 5.91 Å². The quantitative estimate of drug-likeness (QED) is 0.473. The molecular formula is C21H26N2O5. The van der Waals surface area contributed by atoms with Gasteiger partial charge in [0.1, 0.15) is 12.2 Å². The van der Waals surface area contributed by atoms with E-state index in [0.29, 0.717) is 18.7 Å². The molecule has 150 valence electrons. The molecule has 4 atom stereocenters. The highest BCUT2D eigenvalue weighted by Crippen LogP contribution is 2.21. The van der Waals surface area contributed by atoms with Crippen LogP contribution in [0.5, 0.6) is 0 Å². The molecule has 7 nitrogen and oxygen atoms in total. The van der Waals surface area contributed by atoms with Crippen LogP contribution in [-0.2, 0) is 13.1 Å². The molecule has 3 rings (SSSR count). The average Bonchev–Trinajstić information content (AvgIpc) is 2.72. The highest BCUT2D eigenvalue weighted by Gasteiger charge is 2.40. The monoisotopic (exact) mass is 386 g/mol. The fourth-order valence-electron chi connectivity index (χ4n) is 3.44. The summed E-state index contributed by atoms with van der Waals surface area (Å²) in [5.74, 6) is -0.171. The Labute approximate surface area is 163 Å². The standard InChI is InChI=1S/C21H26N2O5/c24-13-17-19(26)20(27)18(25)12-23(17)11-15-6-8-16(9-7-15)21(28)22-10-14-4-2-1-3-5-14/h1-9,17-20,24-27H,10-13H2,(H,22,28)/t17-,18-,19+,20+/m0/s1. The minimum Gasteiger partial charge on any atom is -0.395 e. The maximum absolute atomic E-state index is 12.3. The number of nitrogens with one attached hydrogen (secondary N) is 1. The summed E-state index contributed by atoms with van der Waals surface area (Å²) < 4.78 is 0. The summed E-state index contributed by atoms with van der Waals surface area (Å²) in [4.78, 5) is 14.0. The minimum atomic E-state index is -1.27. The van der Waals surface area contributed by atoms with Crippen molar-refractivity contribution in [3.05, 3.63) is 71.3 Å². The first-order valence-corrected chi connectivity index (χ1v) is 9.29. The smallest absolute Gasteiger partial charge is 0.251 e. The molecule has 0 radical (unpaired) electrons. The lowest BCUT2D eigenvalue weighted by Gasteiger charge is -2.43. The third-order valence-corrected chi connectivity index (χ3v) is 5.11. The van der Waals surface area contributed by atoms with Crippen molar-refractivity contribution in [1.82, 2.24) is 10.2 Å². The number of amides is 1. The van der Waals surface area contributed by atoms with E-state index in [-0.39, 0.29) is 19.1 Å². The zero-order valence-electron chi connectivity index (χ0n) is 15.5. The number of nitrogens with zero attached hydrogens (tertiary/aromatic N) is 1. The maximum Gasteiger partial charge on any atom is 0.251 e. The molecule has 1 aliphatic rings. The second-order valence-corrected chi connectivity index (χ2v) is 7.09. The van der Waals surface area contributed by atoms with Crippen molar-refractivity contribution in [2.24, 2.45) is 0 Å². The van der Waals surface area contributed by atoms with Crippen LogP contribution in [0.15, 0.2) is 54.6 Å². The van der Waals surface area contributed by atoms with E-state index < -0.39 is 24.4 Å². The van der Waals surface area contributed by atoms with Crippen molar-refractivity contribution in [2.45, 2.75) is 37.4 Å². The second-order valence-electron chi connectivity index (χ2n) is 7.09. The fourth-order valence-corrected chi connectivity index (χ4v) is 3.44. The number of aliphatic hydroxyl groups is 4. The van der Waals surface area contributed by atoms with E-state index in [9.17, 15) is 25.2 Å². The van der Waals surface area contributed by atoms with Crippen molar-refractivity contribution in [3.63, 3.8) is 0 Å². The normalized spacial score (nSPS) is 25.4. The molecule has 2 aromatic carbocycles. The first-order valence-electron chi connectivity index (χ1n) is 9.29. The van der Waals surface area contributed by atoms with Gasteiger partial charge in [-0.2, -0.15) is 0 Å². The fraction of sp³-hybridized carbons (Fsp3) is 0.381. The van der Waals surface area contributed by atoms with Gasteiger partial charge in [-0.25, -0.2) is 0 Å². The van der Waals surface area contributed by atoms with Crippen molar-refractivity contribution in [1.29, 1.82) is 0 Å². The summed E-state index contributed by atoms with van der Waals surface area (Å²) >= 11 is 0. The van der Waals surface area contributed by atoms with Gasteiger partial charge in [0.2, 0.25) is 0 Å². The molecule has 1 aliphatic heterocycles. The summed E-state index contributed by atoms with van der Waals surface area (Å²) in [5, 5.41) is 42.1. The van der Waals surface area contributed by atoms with E-state index >= 15 is 0 Å². The van der Waals surface area contributed by atoms with E-state index in [1.807, 2.05) is 30.3 Å². The highest BCUT2D eigenvalue weighted by atomic mass is 16.4. The van der Waals surface area contributed by atoms with Gasteiger partial charge in [-0.1, -0.05) is 42.5 Å². The van der Waals surface area contributed by atoms with Crippen LogP contribution in [0.2, 0.25) is 0 Å². The highest BCUT2D eigenvalue weighted by molar-refractivity contribution is 5.94. The zero-order valence-corrected chi connectivity index (χ0v) is 15.5. The molecule has 0 aliphatic carbocycles. The molecular weight excluding hydrogens is 360 g/mol. The molecule has 1 heterocycles. The topological polar surface area (TPSA) is 113 Å². The number of hydrogen-bond donors (Lipinski definition) is 5. The third kappa shape index (κ3) is 4.76. The molecule has 0 saturated carbocycles. The van der Waals surface area contributed by atoms with E-state index in [4.69, 9.17) is 0 Å². The Kier molecular flexibility index (Phi) is 6.77. The maximum atomic E-state index is 12.3. The number of carbonyl (C=O) groups excluding carboxylic acids is 1. The molecule has 0 unspecified atom stereocenters. The molecule has 1 fully saturated rings. The van der Waals surface area contributed by atoms with E-state index in [1.165, 1.54) is 0 Å². The molecule has 0 spiro atoms. The molecule has 5 N–H and O–H groups in total. The van der Waals surface area contributed by atoms with Crippen LogP contribution < -0.4 is 5.32 Å². The van der Waals surface area contributed by atoms with Crippen molar-refractivity contribution in [2.75, 3.05) is 13.2 Å². The summed E-state index contributed by atoms with van der Waals surface area (Å²) in [6.45, 7) is 0.636. The number of aliphatic hydroxyl groups excluding tert-OH is 4. The van der Waals surface area contributed by atoms with Crippen LogP contribution in [0.3, 0.4) is 0 Å². The largest absolute Gasteiger partial charge is 0.395 e. The SMILES string of the molecule is O=C(NCc1ccccc1)c1ccc(CN2C[C@H](O)[C@@H](O)[C@H](O)[C@@H]2CO)cc1. The molecule has 28 heavy (non-hydrogen) atoms. The van der Waals surface area contributed by atoms with Gasteiger partial charge in [0, 0.05) is 25.2 Å². The van der Waals surface area contributed by atoms with Gasteiger partial charge < -0.3 is 25.7 Å².